The Bertz CT molecular complexity index is 179. The van der Waals surface area contributed by atoms with Crippen molar-refractivity contribution in [3.8, 4) is 0 Å². The summed E-state index contributed by atoms with van der Waals surface area (Å²) < 4.78 is 4.64. The van der Waals surface area contributed by atoms with E-state index in [1.54, 1.807) is 0 Å². The van der Waals surface area contributed by atoms with Crippen molar-refractivity contribution in [3.63, 3.8) is 0 Å². The molecule has 0 radical (unpaired) electrons. The number of unbranched alkanes of at least 4 members (excludes halogenated alkanes) is 1. The van der Waals surface area contributed by atoms with Crippen molar-refractivity contribution in [3.05, 3.63) is 11.6 Å². The molecule has 0 aliphatic rings. The van der Waals surface area contributed by atoms with E-state index in [4.69, 9.17) is 0 Å². The second kappa shape index (κ2) is 6.70. The number of carbonyl (C=O) groups is 1. The van der Waals surface area contributed by atoms with Crippen molar-refractivity contribution in [1.29, 1.82) is 0 Å². The lowest BCUT2D eigenvalue weighted by atomic mass is 10.0. The Kier molecular flexibility index (Phi) is 6.29. The van der Waals surface area contributed by atoms with Crippen LogP contribution in [0, 0.1) is 5.92 Å². The molecule has 1 atom stereocenters. The summed E-state index contributed by atoms with van der Waals surface area (Å²) in [4.78, 5) is 11.0. The van der Waals surface area contributed by atoms with E-state index < -0.39 is 0 Å². The van der Waals surface area contributed by atoms with Gasteiger partial charge in [0.05, 0.1) is 13.0 Å². The Morgan fingerprint density at radius 2 is 2.08 bits per heavy atom. The molecule has 76 valence electrons. The van der Waals surface area contributed by atoms with Crippen LogP contribution in [0.1, 0.15) is 40.0 Å². The number of allylic oxidation sites excluding steroid dienone is 2. The van der Waals surface area contributed by atoms with Gasteiger partial charge in [0.2, 0.25) is 0 Å². The maximum atomic E-state index is 11.0. The average Bonchev–Trinajstić information content (AvgIpc) is 2.10. The van der Waals surface area contributed by atoms with Crippen LogP contribution in [0.2, 0.25) is 0 Å². The lowest BCUT2D eigenvalue weighted by Gasteiger charge is -2.07. The first-order valence-electron chi connectivity index (χ1n) is 4.79. The molecule has 0 rings (SSSR count). The summed E-state index contributed by atoms with van der Waals surface area (Å²) in [5, 5.41) is 0. The zero-order chi connectivity index (χ0) is 10.3. The fraction of sp³-hybridized carbons (Fsp3) is 0.727. The van der Waals surface area contributed by atoms with Crippen molar-refractivity contribution in [1.82, 2.24) is 0 Å². The summed E-state index contributed by atoms with van der Waals surface area (Å²) in [5.41, 5.74) is 1.34. The summed E-state index contributed by atoms with van der Waals surface area (Å²) in [6.07, 6.45) is 5.23. The van der Waals surface area contributed by atoms with Gasteiger partial charge in [-0.3, -0.25) is 4.79 Å². The SMILES string of the molecule is COC(=O)C(C)CCCC=C(C)C. The molecule has 0 N–H and O–H groups in total. The third-order valence-corrected chi connectivity index (χ3v) is 2.00. The molecule has 0 fully saturated rings. The largest absolute Gasteiger partial charge is 0.469 e. The van der Waals surface area contributed by atoms with Crippen molar-refractivity contribution < 1.29 is 9.53 Å². The van der Waals surface area contributed by atoms with Gasteiger partial charge in [-0.15, -0.1) is 0 Å². The Morgan fingerprint density at radius 1 is 1.46 bits per heavy atom. The van der Waals surface area contributed by atoms with Gasteiger partial charge < -0.3 is 4.74 Å². The zero-order valence-electron chi connectivity index (χ0n) is 9.09. The van der Waals surface area contributed by atoms with Crippen LogP contribution in [0.15, 0.2) is 11.6 Å². The normalized spacial score (nSPS) is 12.0. The Hall–Kier alpha value is -0.790. The number of hydrogen-bond acceptors (Lipinski definition) is 2. The maximum Gasteiger partial charge on any atom is 0.308 e. The molecule has 0 saturated carbocycles. The maximum absolute atomic E-state index is 11.0. The predicted molar refractivity (Wildman–Crippen MR) is 54.5 cm³/mol. The number of ether oxygens (including phenoxy) is 1. The predicted octanol–water partition coefficient (Wildman–Crippen LogP) is 2.93. The van der Waals surface area contributed by atoms with E-state index in [9.17, 15) is 4.79 Å². The number of esters is 1. The van der Waals surface area contributed by atoms with E-state index in [0.29, 0.717) is 0 Å². The number of carbonyl (C=O) groups excluding carboxylic acids is 1. The van der Waals surface area contributed by atoms with Gasteiger partial charge in [0, 0.05) is 0 Å². The first-order valence-corrected chi connectivity index (χ1v) is 4.79. The molecule has 0 heterocycles. The molecule has 2 heteroatoms. The van der Waals surface area contributed by atoms with Crippen molar-refractivity contribution in [2.24, 2.45) is 5.92 Å². The summed E-state index contributed by atoms with van der Waals surface area (Å²) >= 11 is 0. The van der Waals surface area contributed by atoms with Crippen LogP contribution in [0.5, 0.6) is 0 Å². The smallest absolute Gasteiger partial charge is 0.308 e. The molecule has 0 amide bonds. The Morgan fingerprint density at radius 3 is 2.54 bits per heavy atom. The van der Waals surface area contributed by atoms with Crippen molar-refractivity contribution in [2.75, 3.05) is 7.11 Å². The minimum Gasteiger partial charge on any atom is -0.469 e. The van der Waals surface area contributed by atoms with Gasteiger partial charge in [-0.2, -0.15) is 0 Å². The zero-order valence-corrected chi connectivity index (χ0v) is 9.09. The topological polar surface area (TPSA) is 26.3 Å². The Balaban J connectivity index is 3.53. The molecule has 1 unspecified atom stereocenters. The van der Waals surface area contributed by atoms with E-state index in [0.717, 1.165) is 19.3 Å². The Labute approximate surface area is 81.0 Å². The first-order chi connectivity index (χ1) is 6.07. The van der Waals surface area contributed by atoms with Crippen LogP contribution < -0.4 is 0 Å². The van der Waals surface area contributed by atoms with Crippen LogP contribution in [0.3, 0.4) is 0 Å². The van der Waals surface area contributed by atoms with E-state index in [-0.39, 0.29) is 11.9 Å². The van der Waals surface area contributed by atoms with E-state index in [1.165, 1.54) is 12.7 Å². The van der Waals surface area contributed by atoms with Gasteiger partial charge in [0.25, 0.3) is 0 Å². The molecular formula is C11H20O2. The number of rotatable bonds is 5. The second-order valence-corrected chi connectivity index (χ2v) is 3.64. The summed E-state index contributed by atoms with van der Waals surface area (Å²) in [6.45, 7) is 6.09. The number of methoxy groups -OCH3 is 1. The molecule has 0 aromatic rings. The lowest BCUT2D eigenvalue weighted by molar-refractivity contribution is -0.145. The molecule has 0 aromatic carbocycles. The molecule has 13 heavy (non-hydrogen) atoms. The van der Waals surface area contributed by atoms with Gasteiger partial charge in [0.1, 0.15) is 0 Å². The highest BCUT2D eigenvalue weighted by molar-refractivity contribution is 5.71. The van der Waals surface area contributed by atoms with Gasteiger partial charge in [-0.1, -0.05) is 18.6 Å². The lowest BCUT2D eigenvalue weighted by Crippen LogP contribution is -2.12. The minimum absolute atomic E-state index is 0.0376. The van der Waals surface area contributed by atoms with Crippen LogP contribution in [-0.4, -0.2) is 13.1 Å². The summed E-state index contributed by atoms with van der Waals surface area (Å²) in [7, 11) is 1.44. The van der Waals surface area contributed by atoms with Crippen molar-refractivity contribution in [2.45, 2.75) is 40.0 Å². The standard InChI is InChI=1S/C11H20O2/c1-9(2)7-5-6-8-10(3)11(12)13-4/h7,10H,5-6,8H2,1-4H3. The molecular weight excluding hydrogens is 164 g/mol. The molecule has 0 spiro atoms. The first kappa shape index (κ1) is 12.2. The summed E-state index contributed by atoms with van der Waals surface area (Å²) in [5.74, 6) is -0.0623. The average molecular weight is 184 g/mol. The third-order valence-electron chi connectivity index (χ3n) is 2.00. The van der Waals surface area contributed by atoms with Crippen LogP contribution in [0.25, 0.3) is 0 Å². The van der Waals surface area contributed by atoms with Crippen molar-refractivity contribution >= 4 is 5.97 Å². The molecule has 0 saturated heterocycles. The molecule has 0 aliphatic carbocycles. The minimum atomic E-state index is -0.0998. The molecule has 0 aromatic heterocycles. The van der Waals surface area contributed by atoms with Gasteiger partial charge in [-0.25, -0.2) is 0 Å². The quantitative estimate of drug-likeness (QED) is 0.373. The fourth-order valence-corrected chi connectivity index (χ4v) is 1.13. The highest BCUT2D eigenvalue weighted by Gasteiger charge is 2.11. The van der Waals surface area contributed by atoms with Crippen LogP contribution in [0.4, 0.5) is 0 Å². The molecule has 0 bridgehead atoms. The van der Waals surface area contributed by atoms with Gasteiger partial charge in [0.15, 0.2) is 0 Å². The van der Waals surface area contributed by atoms with Crippen LogP contribution >= 0.6 is 0 Å². The highest BCUT2D eigenvalue weighted by atomic mass is 16.5. The molecule has 0 aliphatic heterocycles. The third kappa shape index (κ3) is 6.38. The molecule has 2 nitrogen and oxygen atoms in total. The second-order valence-electron chi connectivity index (χ2n) is 3.64. The van der Waals surface area contributed by atoms with E-state index in [1.807, 2.05) is 6.92 Å². The fourth-order valence-electron chi connectivity index (χ4n) is 1.13. The highest BCUT2D eigenvalue weighted by Crippen LogP contribution is 2.10. The monoisotopic (exact) mass is 184 g/mol. The van der Waals surface area contributed by atoms with Gasteiger partial charge in [-0.05, 0) is 33.1 Å². The van der Waals surface area contributed by atoms with Gasteiger partial charge >= 0.3 is 5.97 Å². The number of hydrogen-bond donors (Lipinski definition) is 0. The van der Waals surface area contributed by atoms with E-state index in [2.05, 4.69) is 24.7 Å². The van der Waals surface area contributed by atoms with E-state index >= 15 is 0 Å². The summed E-state index contributed by atoms with van der Waals surface area (Å²) in [6, 6.07) is 0. The van der Waals surface area contributed by atoms with Crippen LogP contribution in [-0.2, 0) is 9.53 Å².